The van der Waals surface area contributed by atoms with E-state index in [0.29, 0.717) is 24.8 Å². The average molecular weight is 263 g/mol. The average Bonchev–Trinajstić information content (AvgIpc) is 3.18. The molecule has 5 heteroatoms. The number of aromatic hydroxyl groups is 1. The smallest absolute Gasteiger partial charge is 0.260 e. The molecule has 2 N–H and O–H groups in total. The number of hydrogen-bond acceptors (Lipinski definition) is 4. The lowest BCUT2D eigenvalue weighted by Gasteiger charge is -2.46. The Hall–Kier alpha value is -1.75. The lowest BCUT2D eigenvalue weighted by molar-refractivity contribution is -0.161. The zero-order valence-corrected chi connectivity index (χ0v) is 10.6. The van der Waals surface area contributed by atoms with Gasteiger partial charge >= 0.3 is 0 Å². The van der Waals surface area contributed by atoms with Crippen LogP contribution in [-0.4, -0.2) is 46.3 Å². The molecule has 1 aromatic carbocycles. The zero-order chi connectivity index (χ0) is 13.5. The third-order valence-electron chi connectivity index (χ3n) is 3.84. The molecule has 1 heterocycles. The molecule has 0 unspecified atom stereocenters. The van der Waals surface area contributed by atoms with Crippen molar-refractivity contribution in [2.24, 2.45) is 5.92 Å². The highest BCUT2D eigenvalue weighted by atomic mass is 16.5. The Kier molecular flexibility index (Phi) is 2.86. The van der Waals surface area contributed by atoms with E-state index in [0.717, 1.165) is 12.8 Å². The van der Waals surface area contributed by atoms with Gasteiger partial charge in [-0.2, -0.15) is 0 Å². The molecule has 0 radical (unpaired) electrons. The monoisotopic (exact) mass is 263 g/mol. The number of phenols is 1. The first-order valence-corrected chi connectivity index (χ1v) is 6.49. The van der Waals surface area contributed by atoms with Gasteiger partial charge < -0.3 is 19.8 Å². The van der Waals surface area contributed by atoms with Crippen LogP contribution in [0, 0.1) is 5.92 Å². The predicted molar refractivity (Wildman–Crippen MR) is 67.9 cm³/mol. The number of nitrogens with zero attached hydrogens (tertiary/aromatic N) is 1. The minimum Gasteiger partial charge on any atom is -0.504 e. The fraction of sp³-hybridized carbons (Fsp3) is 0.500. The largest absolute Gasteiger partial charge is 0.504 e. The van der Waals surface area contributed by atoms with Crippen molar-refractivity contribution in [1.29, 1.82) is 0 Å². The van der Waals surface area contributed by atoms with E-state index in [1.54, 1.807) is 23.1 Å². The van der Waals surface area contributed by atoms with Crippen molar-refractivity contribution in [3.05, 3.63) is 24.3 Å². The van der Waals surface area contributed by atoms with Crippen molar-refractivity contribution < 1.29 is 19.7 Å². The summed E-state index contributed by atoms with van der Waals surface area (Å²) in [6, 6.07) is 6.54. The molecular weight excluding hydrogens is 246 g/mol. The van der Waals surface area contributed by atoms with Gasteiger partial charge in [0.2, 0.25) is 0 Å². The number of para-hydroxylation sites is 2. The van der Waals surface area contributed by atoms with Crippen molar-refractivity contribution in [2.45, 2.75) is 18.4 Å². The normalized spacial score (nSPS) is 20.8. The number of β-amino-alcohol motifs (C(OH)–C–C–N with tert-alkyl or cyclic N) is 1. The van der Waals surface area contributed by atoms with Crippen LogP contribution in [0.25, 0.3) is 0 Å². The van der Waals surface area contributed by atoms with Crippen LogP contribution in [0.5, 0.6) is 11.5 Å². The molecule has 2 aliphatic rings. The van der Waals surface area contributed by atoms with Gasteiger partial charge in [0, 0.05) is 0 Å². The molecule has 3 rings (SSSR count). The number of carbonyl (C=O) groups is 1. The Labute approximate surface area is 111 Å². The summed E-state index contributed by atoms with van der Waals surface area (Å²) in [4.78, 5) is 13.4. The number of phenolic OH excluding ortho intramolecular Hbond substituents is 1. The quantitative estimate of drug-likeness (QED) is 0.841. The highest BCUT2D eigenvalue weighted by Crippen LogP contribution is 2.44. The SMILES string of the molecule is O=C(COc1ccccc1O)N1CC(O)(C2CC2)C1. The van der Waals surface area contributed by atoms with Crippen LogP contribution in [-0.2, 0) is 4.79 Å². The van der Waals surface area contributed by atoms with Gasteiger partial charge in [0.15, 0.2) is 18.1 Å². The molecule has 1 amide bonds. The van der Waals surface area contributed by atoms with Gasteiger partial charge in [-0.1, -0.05) is 12.1 Å². The van der Waals surface area contributed by atoms with Crippen molar-refractivity contribution in [3.8, 4) is 11.5 Å². The van der Waals surface area contributed by atoms with Gasteiger partial charge in [-0.15, -0.1) is 0 Å². The Bertz CT molecular complexity index is 492. The van der Waals surface area contributed by atoms with Crippen LogP contribution in [0.15, 0.2) is 24.3 Å². The maximum atomic E-state index is 11.8. The Morgan fingerprint density at radius 2 is 2.05 bits per heavy atom. The Balaban J connectivity index is 1.49. The first-order valence-electron chi connectivity index (χ1n) is 6.49. The number of ether oxygens (including phenoxy) is 1. The van der Waals surface area contributed by atoms with Crippen molar-refractivity contribution in [1.82, 2.24) is 4.90 Å². The minimum absolute atomic E-state index is 0.0217. The number of carbonyl (C=O) groups excluding carboxylic acids is 1. The van der Waals surface area contributed by atoms with Crippen LogP contribution in [0.4, 0.5) is 0 Å². The standard InChI is InChI=1S/C14H17NO4/c16-11-3-1-2-4-12(11)19-7-13(17)15-8-14(18,9-15)10-5-6-10/h1-4,10,16,18H,5-9H2. The lowest BCUT2D eigenvalue weighted by Crippen LogP contribution is -2.65. The molecule has 1 saturated carbocycles. The molecule has 1 saturated heterocycles. The first-order chi connectivity index (χ1) is 9.08. The summed E-state index contributed by atoms with van der Waals surface area (Å²) in [6.07, 6.45) is 2.12. The molecule has 0 atom stereocenters. The fourth-order valence-corrected chi connectivity index (χ4v) is 2.48. The third kappa shape index (κ3) is 2.38. The van der Waals surface area contributed by atoms with Crippen molar-refractivity contribution in [2.75, 3.05) is 19.7 Å². The van der Waals surface area contributed by atoms with E-state index in [1.807, 2.05) is 0 Å². The number of benzene rings is 1. The van der Waals surface area contributed by atoms with Crippen LogP contribution in [0.2, 0.25) is 0 Å². The molecule has 0 aromatic heterocycles. The summed E-state index contributed by atoms with van der Waals surface area (Å²) in [7, 11) is 0. The second-order valence-corrected chi connectivity index (χ2v) is 5.38. The minimum atomic E-state index is -0.662. The van der Waals surface area contributed by atoms with Gasteiger partial charge in [-0.3, -0.25) is 4.79 Å². The molecule has 0 bridgehead atoms. The van der Waals surface area contributed by atoms with Gasteiger partial charge in [-0.25, -0.2) is 0 Å². The molecule has 19 heavy (non-hydrogen) atoms. The summed E-state index contributed by atoms with van der Waals surface area (Å²) in [5.74, 6) is 0.534. The van der Waals surface area contributed by atoms with Gasteiger partial charge in [0.1, 0.15) is 5.60 Å². The fourth-order valence-electron chi connectivity index (χ4n) is 2.48. The van der Waals surface area contributed by atoms with Crippen molar-refractivity contribution >= 4 is 5.91 Å². The molecule has 1 aliphatic carbocycles. The Morgan fingerprint density at radius 3 is 2.68 bits per heavy atom. The molecule has 5 nitrogen and oxygen atoms in total. The highest BCUT2D eigenvalue weighted by Gasteiger charge is 2.53. The Morgan fingerprint density at radius 1 is 1.37 bits per heavy atom. The number of hydrogen-bond donors (Lipinski definition) is 2. The summed E-state index contributed by atoms with van der Waals surface area (Å²) in [6.45, 7) is 0.694. The number of aliphatic hydroxyl groups is 1. The van der Waals surface area contributed by atoms with E-state index in [4.69, 9.17) is 4.74 Å². The zero-order valence-electron chi connectivity index (χ0n) is 10.6. The summed E-state index contributed by atoms with van der Waals surface area (Å²) >= 11 is 0. The van der Waals surface area contributed by atoms with Gasteiger partial charge in [0.25, 0.3) is 5.91 Å². The topological polar surface area (TPSA) is 70.0 Å². The van der Waals surface area contributed by atoms with Crippen LogP contribution < -0.4 is 4.74 Å². The number of rotatable bonds is 4. The molecular formula is C14H17NO4. The second-order valence-electron chi connectivity index (χ2n) is 5.38. The molecule has 102 valence electrons. The van der Waals surface area contributed by atoms with E-state index >= 15 is 0 Å². The highest BCUT2D eigenvalue weighted by molar-refractivity contribution is 5.79. The molecule has 1 aromatic rings. The summed E-state index contributed by atoms with van der Waals surface area (Å²) in [5.41, 5.74) is -0.662. The van der Waals surface area contributed by atoms with E-state index < -0.39 is 5.60 Å². The molecule has 2 fully saturated rings. The summed E-state index contributed by atoms with van der Waals surface area (Å²) in [5, 5.41) is 19.6. The lowest BCUT2D eigenvalue weighted by atomic mass is 9.89. The first kappa shape index (κ1) is 12.3. The van der Waals surface area contributed by atoms with E-state index in [-0.39, 0.29) is 18.3 Å². The third-order valence-corrected chi connectivity index (χ3v) is 3.84. The predicted octanol–water partition coefficient (Wildman–Crippen LogP) is 0.754. The molecule has 1 aliphatic heterocycles. The second kappa shape index (κ2) is 4.42. The van der Waals surface area contributed by atoms with E-state index in [9.17, 15) is 15.0 Å². The van der Waals surface area contributed by atoms with Crippen molar-refractivity contribution in [3.63, 3.8) is 0 Å². The van der Waals surface area contributed by atoms with Crippen LogP contribution >= 0.6 is 0 Å². The van der Waals surface area contributed by atoms with E-state index in [1.165, 1.54) is 6.07 Å². The number of likely N-dealkylation sites (tertiary alicyclic amines) is 1. The maximum Gasteiger partial charge on any atom is 0.260 e. The van der Waals surface area contributed by atoms with E-state index in [2.05, 4.69) is 0 Å². The van der Waals surface area contributed by atoms with Gasteiger partial charge in [-0.05, 0) is 30.9 Å². The van der Waals surface area contributed by atoms with Crippen LogP contribution in [0.1, 0.15) is 12.8 Å². The number of amides is 1. The molecule has 0 spiro atoms. The maximum absolute atomic E-state index is 11.8. The summed E-state index contributed by atoms with van der Waals surface area (Å²) < 4.78 is 5.28. The van der Waals surface area contributed by atoms with Crippen LogP contribution in [0.3, 0.4) is 0 Å². The van der Waals surface area contributed by atoms with Gasteiger partial charge in [0.05, 0.1) is 13.1 Å².